The van der Waals surface area contributed by atoms with Crippen LogP contribution in [0.4, 0.5) is 5.69 Å². The van der Waals surface area contributed by atoms with Gasteiger partial charge in [-0.05, 0) is 25.0 Å². The van der Waals surface area contributed by atoms with E-state index in [9.17, 15) is 26.4 Å². The van der Waals surface area contributed by atoms with Crippen LogP contribution in [0.2, 0.25) is 0 Å². The molecule has 0 saturated carbocycles. The van der Waals surface area contributed by atoms with Gasteiger partial charge in [-0.15, -0.1) is 0 Å². The molecular weight excluding hydrogens is 396 g/mol. The molecule has 1 heterocycles. The minimum absolute atomic E-state index is 0.0298. The maximum absolute atomic E-state index is 12.1. The van der Waals surface area contributed by atoms with E-state index in [4.69, 9.17) is 4.74 Å². The number of anilines is 1. The lowest BCUT2D eigenvalue weighted by molar-refractivity contribution is -0.152. The van der Waals surface area contributed by atoms with E-state index in [-0.39, 0.29) is 23.7 Å². The summed E-state index contributed by atoms with van der Waals surface area (Å²) in [6, 6.07) is 5.92. The zero-order valence-corrected chi connectivity index (χ0v) is 16.7. The molecule has 0 unspecified atom stereocenters. The maximum atomic E-state index is 12.1. The Hall–Kier alpha value is -1.98. The smallest absolute Gasteiger partial charge is 0.309 e. The quantitative estimate of drug-likeness (QED) is 0.656. The van der Waals surface area contributed by atoms with Crippen molar-refractivity contribution in [2.75, 3.05) is 37.5 Å². The fraction of sp³-hybridized carbons (Fsp3) is 0.500. The van der Waals surface area contributed by atoms with Crippen LogP contribution in [-0.4, -0.2) is 65.2 Å². The lowest BCUT2D eigenvalue weighted by atomic mass is 9.98. The van der Waals surface area contributed by atoms with Crippen molar-refractivity contribution in [2.45, 2.75) is 17.7 Å². The molecule has 27 heavy (non-hydrogen) atoms. The number of ether oxygens (including phenoxy) is 1. The molecule has 0 aliphatic carbocycles. The second kappa shape index (κ2) is 8.36. The number of carbonyl (C=O) groups is 2. The summed E-state index contributed by atoms with van der Waals surface area (Å²) in [5.41, 5.74) is 0.113. The van der Waals surface area contributed by atoms with Crippen molar-refractivity contribution in [2.24, 2.45) is 5.92 Å². The van der Waals surface area contributed by atoms with Crippen LogP contribution >= 0.6 is 0 Å². The first-order valence-electron chi connectivity index (χ1n) is 8.19. The summed E-state index contributed by atoms with van der Waals surface area (Å²) in [5, 5.41) is 2.42. The predicted octanol–water partition coefficient (Wildman–Crippen LogP) is 0.243. The average molecular weight is 418 g/mol. The molecule has 150 valence electrons. The first-order chi connectivity index (χ1) is 12.5. The van der Waals surface area contributed by atoms with Crippen LogP contribution in [0.15, 0.2) is 29.2 Å². The number of sulfonamides is 1. The van der Waals surface area contributed by atoms with Crippen LogP contribution < -0.4 is 5.32 Å². The second-order valence-electron chi connectivity index (χ2n) is 6.36. The Labute approximate surface area is 158 Å². The molecule has 0 spiro atoms. The predicted molar refractivity (Wildman–Crippen MR) is 98.3 cm³/mol. The van der Waals surface area contributed by atoms with Gasteiger partial charge in [0.05, 0.1) is 22.8 Å². The molecule has 2 rings (SSSR count). The molecule has 0 radical (unpaired) electrons. The molecule has 11 heteroatoms. The summed E-state index contributed by atoms with van der Waals surface area (Å²) < 4.78 is 52.7. The first-order valence-corrected chi connectivity index (χ1v) is 11.9. The molecule has 1 aliphatic heterocycles. The number of piperidine rings is 1. The van der Waals surface area contributed by atoms with Gasteiger partial charge in [0.1, 0.15) is 0 Å². The monoisotopic (exact) mass is 418 g/mol. The van der Waals surface area contributed by atoms with E-state index in [0.29, 0.717) is 12.8 Å². The maximum Gasteiger partial charge on any atom is 0.309 e. The number of rotatable bonds is 6. The van der Waals surface area contributed by atoms with E-state index in [1.807, 2.05) is 0 Å². The number of hydrogen-bond donors (Lipinski definition) is 1. The SMILES string of the molecule is CS(=O)(=O)c1ccccc1NC(=O)COC(=O)C1CCN(S(C)(=O)=O)CC1. The zero-order valence-electron chi connectivity index (χ0n) is 15.0. The van der Waals surface area contributed by atoms with Crippen molar-refractivity contribution in [1.29, 1.82) is 0 Å². The van der Waals surface area contributed by atoms with E-state index in [2.05, 4.69) is 5.32 Å². The highest BCUT2D eigenvalue weighted by atomic mass is 32.2. The molecule has 1 aliphatic rings. The van der Waals surface area contributed by atoms with Crippen molar-refractivity contribution in [3.05, 3.63) is 24.3 Å². The van der Waals surface area contributed by atoms with E-state index >= 15 is 0 Å². The Morgan fingerprint density at radius 2 is 1.70 bits per heavy atom. The van der Waals surface area contributed by atoms with Gasteiger partial charge < -0.3 is 10.1 Å². The van der Waals surface area contributed by atoms with Gasteiger partial charge in [0.2, 0.25) is 10.0 Å². The number of benzene rings is 1. The van der Waals surface area contributed by atoms with E-state index < -0.39 is 44.3 Å². The highest BCUT2D eigenvalue weighted by Gasteiger charge is 2.30. The van der Waals surface area contributed by atoms with Gasteiger partial charge in [-0.25, -0.2) is 21.1 Å². The number of para-hydroxylation sites is 1. The fourth-order valence-corrected chi connectivity index (χ4v) is 4.48. The van der Waals surface area contributed by atoms with Gasteiger partial charge in [0.15, 0.2) is 16.4 Å². The minimum atomic E-state index is -3.52. The Kier molecular flexibility index (Phi) is 6.60. The number of amides is 1. The third-order valence-corrected chi connectivity index (χ3v) is 6.62. The molecular formula is C16H22N2O7S2. The van der Waals surface area contributed by atoms with Crippen LogP contribution in [0.5, 0.6) is 0 Å². The van der Waals surface area contributed by atoms with Gasteiger partial charge >= 0.3 is 5.97 Å². The summed E-state index contributed by atoms with van der Waals surface area (Å²) in [7, 11) is -6.80. The largest absolute Gasteiger partial charge is 0.455 e. The average Bonchev–Trinajstić information content (AvgIpc) is 2.58. The van der Waals surface area contributed by atoms with Crippen molar-refractivity contribution in [3.63, 3.8) is 0 Å². The third-order valence-electron chi connectivity index (χ3n) is 4.16. The van der Waals surface area contributed by atoms with E-state index in [1.165, 1.54) is 22.5 Å². The number of nitrogens with one attached hydrogen (secondary N) is 1. The highest BCUT2D eigenvalue weighted by Crippen LogP contribution is 2.22. The lowest BCUT2D eigenvalue weighted by Crippen LogP contribution is -2.40. The van der Waals surface area contributed by atoms with E-state index in [1.54, 1.807) is 6.07 Å². The topological polar surface area (TPSA) is 127 Å². The molecule has 0 aromatic heterocycles. The number of hydrogen-bond acceptors (Lipinski definition) is 7. The summed E-state index contributed by atoms with van der Waals surface area (Å²) in [4.78, 5) is 24.0. The third kappa shape index (κ3) is 6.01. The van der Waals surface area contributed by atoms with Gasteiger partial charge in [-0.2, -0.15) is 0 Å². The van der Waals surface area contributed by atoms with Crippen LogP contribution in [0.25, 0.3) is 0 Å². The van der Waals surface area contributed by atoms with E-state index in [0.717, 1.165) is 12.5 Å². The summed E-state index contributed by atoms with van der Waals surface area (Å²) in [6.07, 6.45) is 2.79. The Morgan fingerprint density at radius 1 is 1.11 bits per heavy atom. The van der Waals surface area contributed by atoms with Crippen LogP contribution in [0.3, 0.4) is 0 Å². The van der Waals surface area contributed by atoms with Crippen molar-refractivity contribution in [3.8, 4) is 0 Å². The van der Waals surface area contributed by atoms with Crippen molar-refractivity contribution < 1.29 is 31.2 Å². The van der Waals surface area contributed by atoms with Crippen molar-refractivity contribution >= 4 is 37.4 Å². The van der Waals surface area contributed by atoms with Crippen LogP contribution in [0, 0.1) is 5.92 Å². The summed E-state index contributed by atoms with van der Waals surface area (Å²) >= 11 is 0. The van der Waals surface area contributed by atoms with Crippen LogP contribution in [0.1, 0.15) is 12.8 Å². The van der Waals surface area contributed by atoms with Gasteiger partial charge in [0.25, 0.3) is 5.91 Å². The summed E-state index contributed by atoms with van der Waals surface area (Å²) in [5.74, 6) is -1.71. The highest BCUT2D eigenvalue weighted by molar-refractivity contribution is 7.90. The summed E-state index contributed by atoms with van der Waals surface area (Å²) in [6.45, 7) is -0.0950. The van der Waals surface area contributed by atoms with Gasteiger partial charge in [-0.3, -0.25) is 9.59 Å². The van der Waals surface area contributed by atoms with Gasteiger partial charge in [-0.1, -0.05) is 12.1 Å². The molecule has 1 N–H and O–H groups in total. The molecule has 1 fully saturated rings. The van der Waals surface area contributed by atoms with Gasteiger partial charge in [0, 0.05) is 19.3 Å². The molecule has 1 amide bonds. The Balaban J connectivity index is 1.87. The lowest BCUT2D eigenvalue weighted by Gasteiger charge is -2.28. The first kappa shape index (κ1) is 21.3. The zero-order chi connectivity index (χ0) is 20.2. The minimum Gasteiger partial charge on any atom is -0.455 e. The normalized spacial score (nSPS) is 16.7. The Bertz CT molecular complexity index is 918. The molecule has 1 aromatic carbocycles. The van der Waals surface area contributed by atoms with Crippen molar-refractivity contribution in [1.82, 2.24) is 4.31 Å². The molecule has 0 bridgehead atoms. The number of sulfone groups is 1. The molecule has 9 nitrogen and oxygen atoms in total. The standard InChI is InChI=1S/C16H22N2O7S2/c1-26(21,22)14-6-4-3-5-13(14)17-15(19)11-25-16(20)12-7-9-18(10-8-12)27(2,23)24/h3-6,12H,7-11H2,1-2H3,(H,17,19). The molecule has 0 atom stereocenters. The number of carbonyl (C=O) groups excluding carboxylic acids is 2. The van der Waals surface area contributed by atoms with Crippen LogP contribution in [-0.2, 0) is 34.2 Å². The Morgan fingerprint density at radius 3 is 2.26 bits per heavy atom. The number of esters is 1. The number of nitrogens with zero attached hydrogens (tertiary/aromatic N) is 1. The second-order valence-corrected chi connectivity index (χ2v) is 10.3. The molecule has 1 saturated heterocycles. The fourth-order valence-electron chi connectivity index (χ4n) is 2.76. The molecule has 1 aromatic rings.